The number of β-amino-alcohol motifs (C(OH)–C–C–N with tert-alkyl or cyclic N) is 1. The zero-order valence-electron chi connectivity index (χ0n) is 13.5. The van der Waals surface area contributed by atoms with Crippen molar-refractivity contribution in [2.75, 3.05) is 20.1 Å². The van der Waals surface area contributed by atoms with Gasteiger partial charge < -0.3 is 14.6 Å². The van der Waals surface area contributed by atoms with Crippen LogP contribution in [0.15, 0.2) is 24.5 Å². The maximum Gasteiger partial charge on any atom is 0.255 e. The van der Waals surface area contributed by atoms with Crippen molar-refractivity contribution in [3.63, 3.8) is 0 Å². The van der Waals surface area contributed by atoms with Gasteiger partial charge in [0, 0.05) is 32.0 Å². The van der Waals surface area contributed by atoms with Gasteiger partial charge in [-0.15, -0.1) is 10.2 Å². The molecule has 4 rings (SSSR count). The number of fused-ring (bicyclic) bond motifs is 1. The fourth-order valence-electron chi connectivity index (χ4n) is 3.55. The fraction of sp³-hybridized carbons (Fsp3) is 0.500. The van der Waals surface area contributed by atoms with Crippen molar-refractivity contribution in [1.29, 1.82) is 0 Å². The first kappa shape index (κ1) is 15.2. The van der Waals surface area contributed by atoms with Crippen molar-refractivity contribution in [3.05, 3.63) is 41.7 Å². The lowest BCUT2D eigenvalue weighted by atomic mass is 10.1. The van der Waals surface area contributed by atoms with Crippen molar-refractivity contribution < 1.29 is 9.90 Å². The lowest BCUT2D eigenvalue weighted by Crippen LogP contribution is -2.39. The summed E-state index contributed by atoms with van der Waals surface area (Å²) in [4.78, 5) is 20.4. The quantitative estimate of drug-likeness (QED) is 0.839. The Hall–Kier alpha value is -2.32. The first-order valence-electron chi connectivity index (χ1n) is 8.13. The lowest BCUT2D eigenvalue weighted by Gasteiger charge is -2.29. The number of aromatic nitrogens is 4. The van der Waals surface area contributed by atoms with Crippen LogP contribution in [0.1, 0.15) is 34.5 Å². The van der Waals surface area contributed by atoms with Gasteiger partial charge in [-0.3, -0.25) is 14.7 Å². The molecule has 2 aliphatic heterocycles. The zero-order chi connectivity index (χ0) is 16.7. The van der Waals surface area contributed by atoms with Crippen LogP contribution in [0.4, 0.5) is 0 Å². The molecule has 8 heteroatoms. The summed E-state index contributed by atoms with van der Waals surface area (Å²) >= 11 is 0. The first-order valence-corrected chi connectivity index (χ1v) is 8.13. The molecular weight excluding hydrogens is 308 g/mol. The van der Waals surface area contributed by atoms with E-state index in [0.717, 1.165) is 11.6 Å². The molecule has 1 N–H and O–H groups in total. The van der Waals surface area contributed by atoms with E-state index in [2.05, 4.69) is 24.6 Å². The van der Waals surface area contributed by atoms with Gasteiger partial charge in [-0.2, -0.15) is 0 Å². The third-order valence-electron chi connectivity index (χ3n) is 4.80. The van der Waals surface area contributed by atoms with Gasteiger partial charge in [0.25, 0.3) is 5.91 Å². The Morgan fingerprint density at radius 1 is 1.33 bits per heavy atom. The molecule has 0 aliphatic carbocycles. The molecule has 2 aromatic heterocycles. The molecule has 0 unspecified atom stereocenters. The zero-order valence-corrected chi connectivity index (χ0v) is 13.5. The highest BCUT2D eigenvalue weighted by atomic mass is 16.3. The Bertz CT molecular complexity index is 746. The molecule has 4 heterocycles. The lowest BCUT2D eigenvalue weighted by molar-refractivity contribution is 0.0704. The number of nitrogens with zero attached hydrogens (tertiary/aromatic N) is 6. The van der Waals surface area contributed by atoms with Crippen LogP contribution in [0.2, 0.25) is 0 Å². The minimum atomic E-state index is -0.319. The summed E-state index contributed by atoms with van der Waals surface area (Å²) in [6.45, 7) is 2.38. The van der Waals surface area contributed by atoms with E-state index >= 15 is 0 Å². The summed E-state index contributed by atoms with van der Waals surface area (Å²) in [5.41, 5.74) is 0.587. The van der Waals surface area contributed by atoms with Crippen molar-refractivity contribution in [1.82, 2.24) is 29.5 Å². The Kier molecular flexibility index (Phi) is 3.78. The molecule has 2 aliphatic rings. The summed E-state index contributed by atoms with van der Waals surface area (Å²) in [5, 5.41) is 18.5. The molecule has 2 aromatic rings. The van der Waals surface area contributed by atoms with Crippen molar-refractivity contribution in [3.8, 4) is 0 Å². The van der Waals surface area contributed by atoms with Crippen LogP contribution in [0.25, 0.3) is 0 Å². The molecule has 1 fully saturated rings. The summed E-state index contributed by atoms with van der Waals surface area (Å²) in [7, 11) is 1.99. The highest BCUT2D eigenvalue weighted by Gasteiger charge is 2.35. The maximum absolute atomic E-state index is 12.6. The van der Waals surface area contributed by atoms with Crippen LogP contribution in [-0.4, -0.2) is 66.8 Å². The highest BCUT2D eigenvalue weighted by molar-refractivity contribution is 5.93. The van der Waals surface area contributed by atoms with E-state index in [1.807, 2.05) is 7.05 Å². The minimum absolute atomic E-state index is 0.0349. The molecule has 8 nitrogen and oxygen atoms in total. The Morgan fingerprint density at radius 3 is 2.92 bits per heavy atom. The van der Waals surface area contributed by atoms with E-state index in [-0.39, 0.29) is 18.1 Å². The summed E-state index contributed by atoms with van der Waals surface area (Å²) in [6.07, 6.45) is 3.59. The average molecular weight is 328 g/mol. The van der Waals surface area contributed by atoms with Gasteiger partial charge in [-0.1, -0.05) is 0 Å². The summed E-state index contributed by atoms with van der Waals surface area (Å²) < 4.78 is 2.09. The second kappa shape index (κ2) is 5.95. The molecule has 1 saturated heterocycles. The number of aliphatic hydroxyl groups excluding tert-OH is 1. The molecule has 126 valence electrons. The molecule has 0 saturated carbocycles. The van der Waals surface area contributed by atoms with Crippen LogP contribution < -0.4 is 0 Å². The largest absolute Gasteiger partial charge is 0.392 e. The third kappa shape index (κ3) is 2.57. The van der Waals surface area contributed by atoms with E-state index in [0.29, 0.717) is 38.2 Å². The topological polar surface area (TPSA) is 87.4 Å². The first-order chi connectivity index (χ1) is 11.6. The van der Waals surface area contributed by atoms with E-state index in [1.165, 1.54) is 0 Å². The normalized spacial score (nSPS) is 24.2. The number of pyridine rings is 1. The Balaban J connectivity index is 1.54. The fourth-order valence-corrected chi connectivity index (χ4v) is 3.55. The molecule has 0 aromatic carbocycles. The van der Waals surface area contributed by atoms with Crippen LogP contribution >= 0.6 is 0 Å². The average Bonchev–Trinajstić information content (AvgIpc) is 3.16. The number of hydrogen-bond donors (Lipinski definition) is 1. The molecule has 0 bridgehead atoms. The summed E-state index contributed by atoms with van der Waals surface area (Å²) in [6, 6.07) is 3.62. The van der Waals surface area contributed by atoms with Gasteiger partial charge in [0.1, 0.15) is 0 Å². The van der Waals surface area contributed by atoms with E-state index in [9.17, 15) is 9.90 Å². The Labute approximate surface area is 139 Å². The van der Waals surface area contributed by atoms with Crippen LogP contribution in [0, 0.1) is 0 Å². The van der Waals surface area contributed by atoms with Gasteiger partial charge in [0.2, 0.25) is 0 Å². The predicted octanol–water partition coefficient (Wildman–Crippen LogP) is 0.0666. The number of rotatable bonds is 2. The second-order valence-electron chi connectivity index (χ2n) is 6.44. The molecule has 2 atom stereocenters. The number of carbonyl (C=O) groups excluding carboxylic acids is 1. The van der Waals surface area contributed by atoms with Gasteiger partial charge in [0.15, 0.2) is 11.6 Å². The number of likely N-dealkylation sites (N-methyl/N-ethyl adjacent to an activating group) is 1. The number of hydrogen-bond acceptors (Lipinski definition) is 6. The smallest absolute Gasteiger partial charge is 0.255 e. The molecule has 0 spiro atoms. The minimum Gasteiger partial charge on any atom is -0.392 e. The highest BCUT2D eigenvalue weighted by Crippen LogP contribution is 2.30. The van der Waals surface area contributed by atoms with Crippen molar-refractivity contribution in [2.24, 2.45) is 0 Å². The Morgan fingerprint density at radius 2 is 2.21 bits per heavy atom. The van der Waals surface area contributed by atoms with E-state index < -0.39 is 0 Å². The molecule has 24 heavy (non-hydrogen) atoms. The van der Waals surface area contributed by atoms with Gasteiger partial charge in [-0.05, 0) is 25.6 Å². The molecular formula is C16H20N6O2. The number of amides is 1. The van der Waals surface area contributed by atoms with Crippen LogP contribution in [0.3, 0.4) is 0 Å². The number of aliphatic hydroxyl groups is 1. The van der Waals surface area contributed by atoms with Gasteiger partial charge >= 0.3 is 0 Å². The van der Waals surface area contributed by atoms with Gasteiger partial charge in [0.05, 0.1) is 24.3 Å². The van der Waals surface area contributed by atoms with Crippen molar-refractivity contribution in [2.45, 2.75) is 31.7 Å². The van der Waals surface area contributed by atoms with Gasteiger partial charge in [-0.25, -0.2) is 0 Å². The maximum atomic E-state index is 12.6. The SMILES string of the molecule is CN1C[C@H](O)C[C@H]1c1nnc2n1CCN(C(=O)c1cccnc1)C2. The predicted molar refractivity (Wildman–Crippen MR) is 85.0 cm³/mol. The standard InChI is InChI=1S/C16H20N6O2/c1-20-9-12(23)7-13(20)15-19-18-14-10-21(5-6-22(14)15)16(24)11-3-2-4-17-8-11/h2-4,8,12-13,23H,5-7,9-10H2,1H3/t12-,13+/m1/s1. The summed E-state index contributed by atoms with van der Waals surface area (Å²) in [5.74, 6) is 1.65. The van der Waals surface area contributed by atoms with E-state index in [4.69, 9.17) is 0 Å². The van der Waals surface area contributed by atoms with E-state index in [1.54, 1.807) is 29.4 Å². The monoisotopic (exact) mass is 328 g/mol. The van der Waals surface area contributed by atoms with Crippen molar-refractivity contribution >= 4 is 5.91 Å². The molecule has 1 amide bonds. The second-order valence-corrected chi connectivity index (χ2v) is 6.44. The number of carbonyl (C=O) groups is 1. The third-order valence-corrected chi connectivity index (χ3v) is 4.80. The van der Waals surface area contributed by atoms with Crippen LogP contribution in [0.5, 0.6) is 0 Å². The molecule has 0 radical (unpaired) electrons. The number of likely N-dealkylation sites (tertiary alicyclic amines) is 1. The van der Waals surface area contributed by atoms with Crippen LogP contribution in [-0.2, 0) is 13.1 Å².